The normalized spacial score (nSPS) is 11.8. The molecule has 17 heavy (non-hydrogen) atoms. The molecule has 1 aromatic heterocycles. The predicted molar refractivity (Wildman–Crippen MR) is 67.4 cm³/mol. The second-order valence-electron chi connectivity index (χ2n) is 3.88. The summed E-state index contributed by atoms with van der Waals surface area (Å²) in [5.74, 6) is -0.654. The molecule has 0 saturated carbocycles. The molecule has 0 aliphatic rings. The minimum absolute atomic E-state index is 0.134. The number of carbonyl (C=O) groups excluding carboxylic acids is 1. The molecule has 0 aliphatic carbocycles. The Bertz CT molecular complexity index is 365. The zero-order chi connectivity index (χ0) is 12.7. The number of anilines is 1. The van der Waals surface area contributed by atoms with E-state index in [0.29, 0.717) is 13.0 Å². The topological polar surface area (TPSA) is 78.4 Å². The van der Waals surface area contributed by atoms with Crippen molar-refractivity contribution in [2.24, 2.45) is 5.92 Å². The molecular weight excluding hydrogens is 240 g/mol. The van der Waals surface area contributed by atoms with Crippen LogP contribution in [0.4, 0.5) is 10.5 Å². The first kappa shape index (κ1) is 13.5. The average Bonchev–Trinajstić information content (AvgIpc) is 2.76. The highest BCUT2D eigenvalue weighted by atomic mass is 32.1. The SMILES string of the molecule is CC(CCC(=O)O)CNC(=O)Nc1ccsc1. The molecule has 1 rings (SSSR count). The van der Waals surface area contributed by atoms with Gasteiger partial charge in [0.2, 0.25) is 0 Å². The van der Waals surface area contributed by atoms with Gasteiger partial charge in [-0.1, -0.05) is 6.92 Å². The molecule has 0 spiro atoms. The van der Waals surface area contributed by atoms with Crippen LogP contribution in [0, 0.1) is 5.92 Å². The molecule has 94 valence electrons. The zero-order valence-electron chi connectivity index (χ0n) is 9.60. The van der Waals surface area contributed by atoms with Crippen LogP contribution in [0.25, 0.3) is 0 Å². The van der Waals surface area contributed by atoms with Crippen LogP contribution in [-0.2, 0) is 4.79 Å². The summed E-state index contributed by atoms with van der Waals surface area (Å²) in [4.78, 5) is 21.8. The minimum atomic E-state index is -0.806. The van der Waals surface area contributed by atoms with Crippen LogP contribution in [0.5, 0.6) is 0 Å². The highest BCUT2D eigenvalue weighted by molar-refractivity contribution is 7.08. The highest BCUT2D eigenvalue weighted by Gasteiger charge is 2.07. The van der Waals surface area contributed by atoms with E-state index in [-0.39, 0.29) is 18.4 Å². The maximum Gasteiger partial charge on any atom is 0.319 e. The van der Waals surface area contributed by atoms with Gasteiger partial charge in [0.1, 0.15) is 0 Å². The number of nitrogens with one attached hydrogen (secondary N) is 2. The van der Waals surface area contributed by atoms with E-state index in [1.807, 2.05) is 23.8 Å². The second kappa shape index (κ2) is 6.90. The van der Waals surface area contributed by atoms with Gasteiger partial charge in [0.25, 0.3) is 0 Å². The first-order valence-corrected chi connectivity index (χ1v) is 6.31. The van der Waals surface area contributed by atoms with Crippen molar-refractivity contribution in [3.05, 3.63) is 16.8 Å². The van der Waals surface area contributed by atoms with Crippen LogP contribution in [-0.4, -0.2) is 23.7 Å². The number of amides is 2. The number of hydrogen-bond acceptors (Lipinski definition) is 3. The Kier molecular flexibility index (Phi) is 5.48. The molecule has 0 radical (unpaired) electrons. The van der Waals surface area contributed by atoms with Crippen LogP contribution < -0.4 is 10.6 Å². The Labute approximate surface area is 104 Å². The van der Waals surface area contributed by atoms with E-state index in [4.69, 9.17) is 5.11 Å². The maximum absolute atomic E-state index is 11.4. The van der Waals surface area contributed by atoms with Gasteiger partial charge in [-0.3, -0.25) is 4.79 Å². The molecule has 0 saturated heterocycles. The van der Waals surface area contributed by atoms with Crippen molar-refractivity contribution in [2.45, 2.75) is 19.8 Å². The first-order chi connectivity index (χ1) is 8.08. The number of urea groups is 1. The van der Waals surface area contributed by atoms with Crippen molar-refractivity contribution in [1.82, 2.24) is 5.32 Å². The Morgan fingerprint density at radius 2 is 2.29 bits per heavy atom. The lowest BCUT2D eigenvalue weighted by Crippen LogP contribution is -2.32. The molecule has 0 bridgehead atoms. The van der Waals surface area contributed by atoms with E-state index < -0.39 is 5.97 Å². The van der Waals surface area contributed by atoms with E-state index >= 15 is 0 Å². The summed E-state index contributed by atoms with van der Waals surface area (Å²) in [6, 6.07) is 1.56. The molecule has 2 amide bonds. The van der Waals surface area contributed by atoms with Gasteiger partial charge in [0.05, 0.1) is 5.69 Å². The fourth-order valence-corrected chi connectivity index (χ4v) is 1.84. The number of carbonyl (C=O) groups is 2. The lowest BCUT2D eigenvalue weighted by atomic mass is 10.1. The van der Waals surface area contributed by atoms with E-state index in [0.717, 1.165) is 5.69 Å². The molecule has 5 nitrogen and oxygen atoms in total. The third-order valence-corrected chi connectivity index (χ3v) is 2.92. The van der Waals surface area contributed by atoms with Crippen LogP contribution in [0.1, 0.15) is 19.8 Å². The third kappa shape index (κ3) is 5.91. The molecule has 1 unspecified atom stereocenters. The van der Waals surface area contributed by atoms with Gasteiger partial charge in [-0.25, -0.2) is 4.79 Å². The number of hydrogen-bond donors (Lipinski definition) is 3. The van der Waals surface area contributed by atoms with Gasteiger partial charge in [-0.2, -0.15) is 11.3 Å². The lowest BCUT2D eigenvalue weighted by Gasteiger charge is -2.11. The largest absolute Gasteiger partial charge is 0.481 e. The van der Waals surface area contributed by atoms with E-state index in [1.54, 1.807) is 0 Å². The Balaban J connectivity index is 2.17. The highest BCUT2D eigenvalue weighted by Crippen LogP contribution is 2.11. The molecule has 0 aliphatic heterocycles. The van der Waals surface area contributed by atoms with E-state index in [2.05, 4.69) is 10.6 Å². The van der Waals surface area contributed by atoms with Crippen molar-refractivity contribution in [3.63, 3.8) is 0 Å². The number of aliphatic carboxylic acids is 1. The summed E-state index contributed by atoms with van der Waals surface area (Å²) in [6.45, 7) is 2.39. The smallest absolute Gasteiger partial charge is 0.319 e. The van der Waals surface area contributed by atoms with E-state index in [9.17, 15) is 9.59 Å². The van der Waals surface area contributed by atoms with Gasteiger partial charge >= 0.3 is 12.0 Å². The summed E-state index contributed by atoms with van der Waals surface area (Å²) in [5.41, 5.74) is 0.769. The molecule has 6 heteroatoms. The van der Waals surface area contributed by atoms with Crippen molar-refractivity contribution in [2.75, 3.05) is 11.9 Å². The lowest BCUT2D eigenvalue weighted by molar-refractivity contribution is -0.137. The summed E-state index contributed by atoms with van der Waals surface area (Å²) < 4.78 is 0. The van der Waals surface area contributed by atoms with E-state index in [1.165, 1.54) is 11.3 Å². The van der Waals surface area contributed by atoms with Gasteiger partial charge in [-0.15, -0.1) is 0 Å². The Hall–Kier alpha value is -1.56. The fourth-order valence-electron chi connectivity index (χ4n) is 1.25. The van der Waals surface area contributed by atoms with Gasteiger partial charge in [-0.05, 0) is 23.8 Å². The minimum Gasteiger partial charge on any atom is -0.481 e. The summed E-state index contributed by atoms with van der Waals surface area (Å²) in [7, 11) is 0. The van der Waals surface area contributed by atoms with Crippen LogP contribution in [0.3, 0.4) is 0 Å². The third-order valence-electron chi connectivity index (χ3n) is 2.24. The van der Waals surface area contributed by atoms with Crippen molar-refractivity contribution < 1.29 is 14.7 Å². The quantitative estimate of drug-likeness (QED) is 0.731. The summed E-state index contributed by atoms with van der Waals surface area (Å²) in [5, 5.41) is 17.6. The molecule has 1 heterocycles. The van der Waals surface area contributed by atoms with Crippen molar-refractivity contribution >= 4 is 29.0 Å². The first-order valence-electron chi connectivity index (χ1n) is 5.36. The fraction of sp³-hybridized carbons (Fsp3) is 0.455. The average molecular weight is 256 g/mol. The standard InChI is InChI=1S/C11H16N2O3S/c1-8(2-3-10(14)15)6-12-11(16)13-9-4-5-17-7-9/h4-5,7-8H,2-3,6H2,1H3,(H,14,15)(H2,12,13,16). The van der Waals surface area contributed by atoms with Gasteiger partial charge in [0, 0.05) is 18.3 Å². The van der Waals surface area contributed by atoms with Crippen LogP contribution >= 0.6 is 11.3 Å². The number of rotatable bonds is 6. The Morgan fingerprint density at radius 3 is 2.88 bits per heavy atom. The predicted octanol–water partition coefficient (Wildman–Crippen LogP) is 2.37. The molecule has 1 atom stereocenters. The number of carboxylic acid groups (broad SMARTS) is 1. The molecule has 0 fully saturated rings. The van der Waals surface area contributed by atoms with Crippen molar-refractivity contribution in [3.8, 4) is 0 Å². The number of carboxylic acids is 1. The zero-order valence-corrected chi connectivity index (χ0v) is 10.4. The van der Waals surface area contributed by atoms with Crippen LogP contribution in [0.2, 0.25) is 0 Å². The maximum atomic E-state index is 11.4. The van der Waals surface area contributed by atoms with Gasteiger partial charge < -0.3 is 15.7 Å². The monoisotopic (exact) mass is 256 g/mol. The summed E-state index contributed by atoms with van der Waals surface area (Å²) >= 11 is 1.51. The molecule has 3 N–H and O–H groups in total. The Morgan fingerprint density at radius 1 is 1.53 bits per heavy atom. The van der Waals surface area contributed by atoms with Crippen LogP contribution in [0.15, 0.2) is 16.8 Å². The number of thiophene rings is 1. The van der Waals surface area contributed by atoms with Gasteiger partial charge in [0.15, 0.2) is 0 Å². The molecular formula is C11H16N2O3S. The molecule has 0 aromatic carbocycles. The molecule has 1 aromatic rings. The summed E-state index contributed by atoms with van der Waals surface area (Å²) in [6.07, 6.45) is 0.697. The second-order valence-corrected chi connectivity index (χ2v) is 4.66. The van der Waals surface area contributed by atoms with Crippen molar-refractivity contribution in [1.29, 1.82) is 0 Å².